The predicted octanol–water partition coefficient (Wildman–Crippen LogP) is 4.28. The maximum absolute atomic E-state index is 6.18. The van der Waals surface area contributed by atoms with Gasteiger partial charge < -0.3 is 24.4 Å². The van der Waals surface area contributed by atoms with E-state index >= 15 is 0 Å². The number of nitrogens with one attached hydrogen (secondary N) is 1. The largest absolute Gasteiger partial charge is 0.496 e. The molecule has 1 atom stereocenters. The minimum atomic E-state index is 0.132. The minimum Gasteiger partial charge on any atom is -0.496 e. The van der Waals surface area contributed by atoms with Gasteiger partial charge in [0, 0.05) is 13.1 Å². The first-order valence-corrected chi connectivity index (χ1v) is 11.0. The van der Waals surface area contributed by atoms with Crippen molar-refractivity contribution in [3.05, 3.63) is 52.1 Å². The molecule has 0 aromatic heterocycles. The maximum atomic E-state index is 6.18. The molecule has 0 saturated carbocycles. The molecular weight excluding hydrogens is 376 g/mol. The fourth-order valence-corrected chi connectivity index (χ4v) is 4.43. The van der Waals surface area contributed by atoms with Crippen LogP contribution in [0.3, 0.4) is 0 Å². The van der Waals surface area contributed by atoms with Crippen molar-refractivity contribution in [1.82, 2.24) is 10.2 Å². The van der Waals surface area contributed by atoms with Gasteiger partial charge in [0.1, 0.15) is 12.4 Å². The number of hydrogen-bond acceptors (Lipinski definition) is 5. The number of fused-ring (bicyclic) bond motifs is 1. The van der Waals surface area contributed by atoms with Crippen LogP contribution < -0.4 is 19.5 Å². The van der Waals surface area contributed by atoms with Crippen molar-refractivity contribution >= 4 is 0 Å². The Hall–Kier alpha value is -2.24. The van der Waals surface area contributed by atoms with Crippen molar-refractivity contribution in [2.75, 3.05) is 47.0 Å². The van der Waals surface area contributed by atoms with Gasteiger partial charge in [-0.1, -0.05) is 26.0 Å². The first kappa shape index (κ1) is 22.4. The van der Waals surface area contributed by atoms with Gasteiger partial charge in [0.05, 0.1) is 20.3 Å². The average Bonchev–Trinajstić information content (AvgIpc) is 2.75. The van der Waals surface area contributed by atoms with E-state index in [0.29, 0.717) is 6.61 Å². The van der Waals surface area contributed by atoms with E-state index < -0.39 is 0 Å². The third-order valence-electron chi connectivity index (χ3n) is 6.06. The topological polar surface area (TPSA) is 43.0 Å². The Morgan fingerprint density at radius 2 is 1.67 bits per heavy atom. The molecule has 0 fully saturated rings. The highest BCUT2D eigenvalue weighted by molar-refractivity contribution is 5.53. The van der Waals surface area contributed by atoms with Crippen molar-refractivity contribution in [2.24, 2.45) is 0 Å². The number of nitrogens with zero attached hydrogens (tertiary/aromatic N) is 1. The van der Waals surface area contributed by atoms with Gasteiger partial charge in [0.25, 0.3) is 0 Å². The summed E-state index contributed by atoms with van der Waals surface area (Å²) in [5, 5.41) is 3.70. The molecule has 3 rings (SSSR count). The quantitative estimate of drug-likeness (QED) is 0.666. The van der Waals surface area contributed by atoms with Crippen LogP contribution in [0.2, 0.25) is 0 Å². The highest BCUT2D eigenvalue weighted by Crippen LogP contribution is 2.39. The number of rotatable bonds is 9. The zero-order chi connectivity index (χ0) is 21.7. The third-order valence-corrected chi connectivity index (χ3v) is 6.06. The molecule has 30 heavy (non-hydrogen) atoms. The van der Waals surface area contributed by atoms with Crippen LogP contribution >= 0.6 is 0 Å². The van der Waals surface area contributed by atoms with Crippen molar-refractivity contribution in [3.63, 3.8) is 0 Å². The van der Waals surface area contributed by atoms with Crippen LogP contribution in [0.4, 0.5) is 0 Å². The number of methoxy groups -OCH3 is 2. The summed E-state index contributed by atoms with van der Waals surface area (Å²) in [6.07, 6.45) is 0.982. The van der Waals surface area contributed by atoms with Gasteiger partial charge in [-0.3, -0.25) is 0 Å². The molecule has 0 radical (unpaired) electrons. The zero-order valence-corrected chi connectivity index (χ0v) is 19.3. The molecule has 1 aliphatic heterocycles. The van der Waals surface area contributed by atoms with Crippen LogP contribution in [0, 0.1) is 13.8 Å². The second-order valence-corrected chi connectivity index (χ2v) is 7.90. The fourth-order valence-electron chi connectivity index (χ4n) is 4.43. The summed E-state index contributed by atoms with van der Waals surface area (Å²) in [7, 11) is 3.45. The van der Waals surface area contributed by atoms with E-state index in [0.717, 1.165) is 61.0 Å². The first-order chi connectivity index (χ1) is 14.5. The van der Waals surface area contributed by atoms with Crippen LogP contribution in [-0.4, -0.2) is 51.9 Å². The molecule has 1 aliphatic rings. The van der Waals surface area contributed by atoms with Gasteiger partial charge in [-0.05, 0) is 73.3 Å². The summed E-state index contributed by atoms with van der Waals surface area (Å²) >= 11 is 0. The average molecular weight is 413 g/mol. The number of benzene rings is 2. The Labute approximate surface area is 181 Å². The van der Waals surface area contributed by atoms with Crippen molar-refractivity contribution in [1.29, 1.82) is 0 Å². The van der Waals surface area contributed by atoms with Crippen LogP contribution in [0.15, 0.2) is 24.3 Å². The van der Waals surface area contributed by atoms with Crippen LogP contribution in [0.1, 0.15) is 47.7 Å². The van der Waals surface area contributed by atoms with E-state index in [-0.39, 0.29) is 6.04 Å². The molecule has 2 aromatic carbocycles. The van der Waals surface area contributed by atoms with Crippen LogP contribution in [-0.2, 0) is 6.42 Å². The molecule has 0 spiro atoms. The molecule has 0 amide bonds. The molecule has 1 unspecified atom stereocenters. The lowest BCUT2D eigenvalue weighted by Crippen LogP contribution is -2.31. The van der Waals surface area contributed by atoms with Gasteiger partial charge in [0.15, 0.2) is 11.5 Å². The number of hydrogen-bond donors (Lipinski definition) is 1. The fraction of sp³-hybridized carbons (Fsp3) is 0.520. The summed E-state index contributed by atoms with van der Waals surface area (Å²) in [4.78, 5) is 2.36. The number of aryl methyl sites for hydroxylation is 2. The Bertz CT molecular complexity index is 839. The zero-order valence-electron chi connectivity index (χ0n) is 19.3. The standard InChI is InChI=1S/C25H36N2O3/c1-7-27(8-2)11-12-30-23-16-21-19(15-22(23)28-5)9-10-26-24(21)20-13-17(3)25(29-6)18(4)14-20/h13-16,24,26H,7-12H2,1-6H3. The lowest BCUT2D eigenvalue weighted by molar-refractivity contribution is 0.217. The smallest absolute Gasteiger partial charge is 0.161 e. The van der Waals surface area contributed by atoms with E-state index in [2.05, 4.69) is 62.2 Å². The number of ether oxygens (including phenoxy) is 3. The minimum absolute atomic E-state index is 0.132. The van der Waals surface area contributed by atoms with Gasteiger partial charge in [-0.15, -0.1) is 0 Å². The molecule has 5 heteroatoms. The monoisotopic (exact) mass is 412 g/mol. The van der Waals surface area contributed by atoms with Crippen LogP contribution in [0.5, 0.6) is 17.2 Å². The summed E-state index contributed by atoms with van der Waals surface area (Å²) in [6, 6.07) is 8.91. The van der Waals surface area contributed by atoms with Crippen molar-refractivity contribution in [3.8, 4) is 17.2 Å². The van der Waals surface area contributed by atoms with E-state index in [9.17, 15) is 0 Å². The summed E-state index contributed by atoms with van der Waals surface area (Å²) < 4.78 is 17.4. The van der Waals surface area contributed by atoms with Gasteiger partial charge in [0.2, 0.25) is 0 Å². The Morgan fingerprint density at radius 1 is 0.967 bits per heavy atom. The number of likely N-dealkylation sites (N-methyl/N-ethyl adjacent to an activating group) is 1. The van der Waals surface area contributed by atoms with Gasteiger partial charge in [-0.25, -0.2) is 0 Å². The van der Waals surface area contributed by atoms with Crippen molar-refractivity contribution in [2.45, 2.75) is 40.2 Å². The normalized spacial score (nSPS) is 15.8. The molecule has 164 valence electrons. The van der Waals surface area contributed by atoms with Crippen molar-refractivity contribution < 1.29 is 14.2 Å². The molecule has 0 bridgehead atoms. The predicted molar refractivity (Wildman–Crippen MR) is 122 cm³/mol. The second-order valence-electron chi connectivity index (χ2n) is 7.90. The Kier molecular flexibility index (Phi) is 7.62. The maximum Gasteiger partial charge on any atom is 0.161 e. The molecule has 5 nitrogen and oxygen atoms in total. The lowest BCUT2D eigenvalue weighted by Gasteiger charge is -2.29. The van der Waals surface area contributed by atoms with E-state index in [4.69, 9.17) is 14.2 Å². The van der Waals surface area contributed by atoms with Crippen LogP contribution in [0.25, 0.3) is 0 Å². The SMILES string of the molecule is CCN(CC)CCOc1cc2c(cc1OC)CCNC2c1cc(C)c(OC)c(C)c1. The van der Waals surface area contributed by atoms with E-state index in [1.165, 1.54) is 16.7 Å². The van der Waals surface area contributed by atoms with Gasteiger partial charge >= 0.3 is 0 Å². The lowest BCUT2D eigenvalue weighted by atomic mass is 9.88. The summed E-state index contributed by atoms with van der Waals surface area (Å²) in [6.45, 7) is 13.1. The van der Waals surface area contributed by atoms with Gasteiger partial charge in [-0.2, -0.15) is 0 Å². The molecule has 0 saturated heterocycles. The highest BCUT2D eigenvalue weighted by Gasteiger charge is 2.25. The molecular formula is C25H36N2O3. The Morgan fingerprint density at radius 3 is 2.27 bits per heavy atom. The Balaban J connectivity index is 1.92. The third kappa shape index (κ3) is 4.73. The molecule has 2 aromatic rings. The highest BCUT2D eigenvalue weighted by atomic mass is 16.5. The molecule has 1 N–H and O–H groups in total. The van der Waals surface area contributed by atoms with E-state index in [1.807, 2.05) is 0 Å². The second kappa shape index (κ2) is 10.2. The summed E-state index contributed by atoms with van der Waals surface area (Å²) in [5.41, 5.74) is 6.16. The summed E-state index contributed by atoms with van der Waals surface area (Å²) in [5.74, 6) is 2.60. The first-order valence-electron chi connectivity index (χ1n) is 11.0. The molecule has 0 aliphatic carbocycles. The molecule has 1 heterocycles. The van der Waals surface area contributed by atoms with E-state index in [1.54, 1.807) is 14.2 Å².